The SMILES string of the molecule is NCc1ccn(Cc2cc(Cl)cc3c2OCC3)c1. The molecule has 0 unspecified atom stereocenters. The van der Waals surface area contributed by atoms with Gasteiger partial charge < -0.3 is 15.0 Å². The normalized spacial score (nSPS) is 13.4. The molecule has 1 aliphatic rings. The summed E-state index contributed by atoms with van der Waals surface area (Å²) in [5.41, 5.74) is 9.09. The van der Waals surface area contributed by atoms with E-state index in [-0.39, 0.29) is 0 Å². The summed E-state index contributed by atoms with van der Waals surface area (Å²) in [4.78, 5) is 0. The maximum Gasteiger partial charge on any atom is 0.127 e. The molecule has 1 aromatic heterocycles. The number of hydrogen-bond donors (Lipinski definition) is 1. The molecular weight excluding hydrogens is 248 g/mol. The van der Waals surface area contributed by atoms with Crippen LogP contribution >= 0.6 is 11.6 Å². The van der Waals surface area contributed by atoms with Crippen molar-refractivity contribution in [2.24, 2.45) is 5.73 Å². The Bertz CT molecular complexity index is 577. The minimum Gasteiger partial charge on any atom is -0.493 e. The van der Waals surface area contributed by atoms with Crippen LogP contribution in [0.1, 0.15) is 16.7 Å². The fourth-order valence-corrected chi connectivity index (χ4v) is 2.63. The van der Waals surface area contributed by atoms with E-state index in [0.29, 0.717) is 6.54 Å². The van der Waals surface area contributed by atoms with Crippen LogP contribution in [0.2, 0.25) is 5.02 Å². The van der Waals surface area contributed by atoms with E-state index >= 15 is 0 Å². The summed E-state index contributed by atoms with van der Waals surface area (Å²) < 4.78 is 7.80. The number of fused-ring (bicyclic) bond motifs is 1. The van der Waals surface area contributed by atoms with Crippen LogP contribution < -0.4 is 10.5 Å². The quantitative estimate of drug-likeness (QED) is 0.924. The smallest absolute Gasteiger partial charge is 0.127 e. The van der Waals surface area contributed by atoms with Gasteiger partial charge in [0.15, 0.2) is 0 Å². The summed E-state index contributed by atoms with van der Waals surface area (Å²) in [5, 5.41) is 0.778. The summed E-state index contributed by atoms with van der Waals surface area (Å²) in [7, 11) is 0. The van der Waals surface area contributed by atoms with Crippen LogP contribution in [0.15, 0.2) is 30.6 Å². The molecule has 2 aromatic rings. The Morgan fingerprint density at radius 2 is 2.28 bits per heavy atom. The zero-order valence-electron chi connectivity index (χ0n) is 10.0. The van der Waals surface area contributed by atoms with E-state index in [1.807, 2.05) is 24.4 Å². The first-order valence-corrected chi connectivity index (χ1v) is 6.43. The predicted molar refractivity (Wildman–Crippen MR) is 72.1 cm³/mol. The fraction of sp³-hybridized carbons (Fsp3) is 0.286. The van der Waals surface area contributed by atoms with Crippen LogP contribution in [0.3, 0.4) is 0 Å². The van der Waals surface area contributed by atoms with Gasteiger partial charge in [-0.25, -0.2) is 0 Å². The Morgan fingerprint density at radius 3 is 3.06 bits per heavy atom. The van der Waals surface area contributed by atoms with Crippen molar-refractivity contribution in [1.29, 1.82) is 0 Å². The summed E-state index contributed by atoms with van der Waals surface area (Å²) in [6, 6.07) is 6.01. The largest absolute Gasteiger partial charge is 0.493 e. The second-order valence-electron chi connectivity index (χ2n) is 4.55. The third-order valence-corrected chi connectivity index (χ3v) is 3.44. The standard InChI is InChI=1S/C14H15ClN2O/c15-13-5-11-2-4-18-14(11)12(6-13)9-17-3-1-10(7-16)8-17/h1,3,5-6,8H,2,4,7,9,16H2. The Morgan fingerprint density at radius 1 is 1.39 bits per heavy atom. The first-order valence-electron chi connectivity index (χ1n) is 6.05. The topological polar surface area (TPSA) is 40.2 Å². The van der Waals surface area contributed by atoms with E-state index < -0.39 is 0 Å². The van der Waals surface area contributed by atoms with Crippen molar-refractivity contribution in [3.8, 4) is 5.75 Å². The van der Waals surface area contributed by atoms with Gasteiger partial charge in [-0.15, -0.1) is 0 Å². The van der Waals surface area contributed by atoms with Crippen molar-refractivity contribution in [3.05, 3.63) is 52.3 Å². The average Bonchev–Trinajstić information content (AvgIpc) is 2.97. The summed E-state index contributed by atoms with van der Waals surface area (Å²) in [5.74, 6) is 1.00. The van der Waals surface area contributed by atoms with Crippen molar-refractivity contribution < 1.29 is 4.74 Å². The van der Waals surface area contributed by atoms with Gasteiger partial charge in [-0.3, -0.25) is 0 Å². The number of nitrogens with zero attached hydrogens (tertiary/aromatic N) is 1. The minimum absolute atomic E-state index is 0.567. The summed E-state index contributed by atoms with van der Waals surface area (Å²) >= 11 is 6.14. The van der Waals surface area contributed by atoms with Gasteiger partial charge in [-0.2, -0.15) is 0 Å². The average molecular weight is 263 g/mol. The van der Waals surface area contributed by atoms with Crippen LogP contribution in [0, 0.1) is 0 Å². The molecule has 0 aliphatic carbocycles. The lowest BCUT2D eigenvalue weighted by Crippen LogP contribution is -2.00. The van der Waals surface area contributed by atoms with Crippen LogP contribution in [-0.4, -0.2) is 11.2 Å². The second kappa shape index (κ2) is 4.67. The maximum absolute atomic E-state index is 6.14. The molecule has 0 atom stereocenters. The van der Waals surface area contributed by atoms with Gasteiger partial charge in [-0.05, 0) is 29.3 Å². The van der Waals surface area contributed by atoms with Gasteiger partial charge in [0.1, 0.15) is 5.75 Å². The first-order chi connectivity index (χ1) is 8.76. The fourth-order valence-electron chi connectivity index (χ4n) is 2.37. The second-order valence-corrected chi connectivity index (χ2v) is 4.98. The molecule has 0 radical (unpaired) electrons. The van der Waals surface area contributed by atoms with E-state index in [4.69, 9.17) is 22.1 Å². The third-order valence-electron chi connectivity index (χ3n) is 3.23. The van der Waals surface area contributed by atoms with Crippen molar-refractivity contribution in [2.75, 3.05) is 6.61 Å². The van der Waals surface area contributed by atoms with Gasteiger partial charge in [0.25, 0.3) is 0 Å². The molecule has 0 saturated carbocycles. The zero-order valence-corrected chi connectivity index (χ0v) is 10.8. The first kappa shape index (κ1) is 11.6. The number of benzene rings is 1. The number of halogens is 1. The maximum atomic E-state index is 6.14. The molecule has 18 heavy (non-hydrogen) atoms. The molecule has 3 rings (SSSR count). The van der Waals surface area contributed by atoms with Gasteiger partial charge in [0, 0.05) is 35.9 Å². The molecule has 0 saturated heterocycles. The van der Waals surface area contributed by atoms with Crippen molar-refractivity contribution in [1.82, 2.24) is 4.57 Å². The summed E-state index contributed by atoms with van der Waals surface area (Å²) in [6.45, 7) is 2.09. The number of aromatic nitrogens is 1. The highest BCUT2D eigenvalue weighted by Gasteiger charge is 2.17. The zero-order chi connectivity index (χ0) is 12.5. The molecule has 0 bridgehead atoms. The number of ether oxygens (including phenoxy) is 1. The van der Waals surface area contributed by atoms with Crippen LogP contribution in [0.25, 0.3) is 0 Å². The Kier molecular flexibility index (Phi) is 3.02. The van der Waals surface area contributed by atoms with Crippen LogP contribution in [-0.2, 0) is 19.5 Å². The van der Waals surface area contributed by atoms with Crippen LogP contribution in [0.4, 0.5) is 0 Å². The van der Waals surface area contributed by atoms with E-state index in [0.717, 1.165) is 41.5 Å². The Balaban J connectivity index is 1.92. The lowest BCUT2D eigenvalue weighted by molar-refractivity contribution is 0.352. The van der Waals surface area contributed by atoms with Crippen LogP contribution in [0.5, 0.6) is 5.75 Å². The van der Waals surface area contributed by atoms with Crippen molar-refractivity contribution in [3.63, 3.8) is 0 Å². The highest BCUT2D eigenvalue weighted by Crippen LogP contribution is 2.33. The summed E-state index contributed by atoms with van der Waals surface area (Å²) in [6.07, 6.45) is 5.04. The van der Waals surface area contributed by atoms with Gasteiger partial charge in [-0.1, -0.05) is 11.6 Å². The predicted octanol–water partition coefficient (Wildman–Crippen LogP) is 2.58. The highest BCUT2D eigenvalue weighted by molar-refractivity contribution is 6.30. The van der Waals surface area contributed by atoms with E-state index in [2.05, 4.69) is 10.8 Å². The van der Waals surface area contributed by atoms with Crippen molar-refractivity contribution >= 4 is 11.6 Å². The molecule has 94 valence electrons. The van der Waals surface area contributed by atoms with Gasteiger partial charge in [0.2, 0.25) is 0 Å². The molecule has 1 aliphatic heterocycles. The van der Waals surface area contributed by atoms with Crippen molar-refractivity contribution in [2.45, 2.75) is 19.5 Å². The van der Waals surface area contributed by atoms with E-state index in [9.17, 15) is 0 Å². The minimum atomic E-state index is 0.567. The van der Waals surface area contributed by atoms with Gasteiger partial charge in [0.05, 0.1) is 13.2 Å². The molecule has 1 aromatic carbocycles. The van der Waals surface area contributed by atoms with Gasteiger partial charge >= 0.3 is 0 Å². The molecule has 4 heteroatoms. The Hall–Kier alpha value is -1.45. The van der Waals surface area contributed by atoms with E-state index in [1.165, 1.54) is 5.56 Å². The monoisotopic (exact) mass is 262 g/mol. The Labute approximate surface area is 111 Å². The van der Waals surface area contributed by atoms with E-state index in [1.54, 1.807) is 0 Å². The number of nitrogens with two attached hydrogens (primary N) is 1. The lowest BCUT2D eigenvalue weighted by Gasteiger charge is -2.10. The molecule has 0 fully saturated rings. The number of rotatable bonds is 3. The molecular formula is C14H15ClN2O. The lowest BCUT2D eigenvalue weighted by atomic mass is 10.1. The molecule has 0 amide bonds. The number of hydrogen-bond acceptors (Lipinski definition) is 2. The molecule has 2 N–H and O–H groups in total. The molecule has 2 heterocycles. The molecule has 3 nitrogen and oxygen atoms in total. The third kappa shape index (κ3) is 2.11. The highest BCUT2D eigenvalue weighted by atomic mass is 35.5. The molecule has 0 spiro atoms.